The molecule has 0 radical (unpaired) electrons. The molecule has 0 saturated carbocycles. The van der Waals surface area contributed by atoms with Crippen molar-refractivity contribution in [3.8, 4) is 55.6 Å². The molecule has 0 fully saturated rings. The number of hydrogen-bond donors (Lipinski definition) is 0. The Morgan fingerprint density at radius 2 is 1.25 bits per heavy atom. The molecule has 0 aliphatic carbocycles. The van der Waals surface area contributed by atoms with Crippen LogP contribution in [0.25, 0.3) is 64.9 Å². The second-order valence-corrected chi connectivity index (χ2v) is 16.2. The SMILES string of the molecule is Cc1cc(Oc2[c-]c(-c3nccc4c(C)c(-c5c(C)cc(C)cc5C)sc34)cc(C)c2)[c-]c(-c2nccc3c2Sc2cccc4c(C)ccc-3c24)c1.[Pt+2]. The van der Waals surface area contributed by atoms with Crippen LogP contribution in [0.3, 0.4) is 0 Å². The zero-order valence-corrected chi connectivity index (χ0v) is 34.5. The minimum Gasteiger partial charge on any atom is -0.497 e. The van der Waals surface area contributed by atoms with Crippen LogP contribution in [0.2, 0.25) is 0 Å². The molecule has 1 aliphatic heterocycles. The van der Waals surface area contributed by atoms with Crippen LogP contribution in [0.1, 0.15) is 38.9 Å². The first-order valence-corrected chi connectivity index (χ1v) is 19.2. The third-order valence-electron chi connectivity index (χ3n) is 10.1. The van der Waals surface area contributed by atoms with Crippen molar-refractivity contribution in [2.75, 3.05) is 0 Å². The standard InChI is InChI=1S/C47H36N2OS2.Pt/c1-25-17-29(5)41(30(6)18-25)45-31(7)37-13-15-48-43(46(37)52-45)32-19-26(2)21-34(23-32)50-35-22-27(3)20-33(24-35)44-47-39(14-16-49-44)38-12-11-28(4)36-9-8-10-40(51-47)42(36)38;/h8-22H,1-7H3;/q-2;+2. The van der Waals surface area contributed by atoms with Crippen LogP contribution in [-0.2, 0) is 21.1 Å². The molecular formula is C47H36N2OPtS2. The summed E-state index contributed by atoms with van der Waals surface area (Å²) in [5.41, 5.74) is 16.0. The Bertz CT molecular complexity index is 2760. The van der Waals surface area contributed by atoms with Crippen LogP contribution < -0.4 is 4.74 Å². The number of aromatic nitrogens is 2. The largest absolute Gasteiger partial charge is 2.00 e. The Morgan fingerprint density at radius 1 is 0.604 bits per heavy atom. The van der Waals surface area contributed by atoms with Gasteiger partial charge in [-0.15, -0.1) is 45.7 Å². The Hall–Kier alpha value is -4.54. The number of rotatable bonds is 5. The van der Waals surface area contributed by atoms with Crippen LogP contribution in [0.15, 0.2) is 101 Å². The van der Waals surface area contributed by atoms with Gasteiger partial charge in [0.05, 0.1) is 0 Å². The van der Waals surface area contributed by atoms with E-state index >= 15 is 0 Å². The van der Waals surface area contributed by atoms with Gasteiger partial charge < -0.3 is 14.7 Å². The number of nitrogens with zero attached hydrogens (tertiary/aromatic N) is 2. The fourth-order valence-corrected chi connectivity index (χ4v) is 10.6. The molecule has 5 aromatic carbocycles. The van der Waals surface area contributed by atoms with Gasteiger partial charge in [0.2, 0.25) is 0 Å². The summed E-state index contributed by atoms with van der Waals surface area (Å²) in [6, 6.07) is 35.4. The predicted molar refractivity (Wildman–Crippen MR) is 218 cm³/mol. The van der Waals surface area contributed by atoms with E-state index in [0.29, 0.717) is 11.5 Å². The molecular weight excluding hydrogens is 868 g/mol. The third kappa shape index (κ3) is 6.13. The van der Waals surface area contributed by atoms with Crippen molar-refractivity contribution < 1.29 is 25.8 Å². The zero-order chi connectivity index (χ0) is 35.8. The van der Waals surface area contributed by atoms with Gasteiger partial charge in [-0.25, -0.2) is 0 Å². The van der Waals surface area contributed by atoms with E-state index in [1.54, 1.807) is 11.8 Å². The summed E-state index contributed by atoms with van der Waals surface area (Å²) in [6.45, 7) is 15.2. The Kier molecular flexibility index (Phi) is 9.18. The monoisotopic (exact) mass is 903 g/mol. The quantitative estimate of drug-likeness (QED) is 0.161. The maximum atomic E-state index is 6.61. The maximum absolute atomic E-state index is 6.61. The van der Waals surface area contributed by atoms with Gasteiger partial charge in [-0.05, 0) is 103 Å². The molecule has 0 spiro atoms. The van der Waals surface area contributed by atoms with Gasteiger partial charge in [-0.1, -0.05) is 91.8 Å². The van der Waals surface area contributed by atoms with Gasteiger partial charge in [-0.3, -0.25) is 0 Å². The van der Waals surface area contributed by atoms with Gasteiger partial charge >= 0.3 is 21.1 Å². The summed E-state index contributed by atoms with van der Waals surface area (Å²) in [7, 11) is 0. The van der Waals surface area contributed by atoms with Crippen molar-refractivity contribution in [2.45, 2.75) is 58.3 Å². The summed E-state index contributed by atoms with van der Waals surface area (Å²) < 4.78 is 7.77. The van der Waals surface area contributed by atoms with Crippen molar-refractivity contribution >= 4 is 44.0 Å². The van der Waals surface area contributed by atoms with Gasteiger partial charge in [0.15, 0.2) is 0 Å². The molecule has 4 heterocycles. The van der Waals surface area contributed by atoms with Crippen molar-refractivity contribution in [3.05, 3.63) is 142 Å². The first kappa shape index (κ1) is 35.5. The topological polar surface area (TPSA) is 35.0 Å². The molecule has 8 aromatic rings. The zero-order valence-electron chi connectivity index (χ0n) is 30.6. The van der Waals surface area contributed by atoms with E-state index in [9.17, 15) is 0 Å². The van der Waals surface area contributed by atoms with E-state index in [0.717, 1.165) is 43.2 Å². The average molecular weight is 904 g/mol. The number of pyridine rings is 2. The van der Waals surface area contributed by atoms with Crippen LogP contribution >= 0.6 is 23.1 Å². The Morgan fingerprint density at radius 3 is 1.96 bits per heavy atom. The van der Waals surface area contributed by atoms with E-state index in [-0.39, 0.29) is 21.1 Å². The van der Waals surface area contributed by atoms with Gasteiger partial charge in [0.25, 0.3) is 0 Å². The third-order valence-corrected chi connectivity index (χ3v) is 12.6. The van der Waals surface area contributed by atoms with Crippen molar-refractivity contribution in [1.82, 2.24) is 9.97 Å². The first-order valence-electron chi connectivity index (χ1n) is 17.6. The summed E-state index contributed by atoms with van der Waals surface area (Å²) in [4.78, 5) is 13.5. The van der Waals surface area contributed by atoms with Crippen LogP contribution in [0.4, 0.5) is 0 Å². The number of hydrogen-bond acceptors (Lipinski definition) is 5. The minimum atomic E-state index is 0. The molecule has 0 bridgehead atoms. The Balaban J connectivity index is 0.00000400. The first-order chi connectivity index (χ1) is 25.1. The molecule has 9 rings (SSSR count). The van der Waals surface area contributed by atoms with Crippen LogP contribution in [-0.4, -0.2) is 9.97 Å². The maximum Gasteiger partial charge on any atom is 2.00 e. The van der Waals surface area contributed by atoms with E-state index in [2.05, 4.69) is 127 Å². The normalized spacial score (nSPS) is 11.8. The minimum absolute atomic E-state index is 0. The van der Waals surface area contributed by atoms with E-state index in [4.69, 9.17) is 14.7 Å². The van der Waals surface area contributed by atoms with Gasteiger partial charge in [-0.2, -0.15) is 0 Å². The van der Waals surface area contributed by atoms with Gasteiger partial charge in [0, 0.05) is 60.0 Å². The number of ether oxygens (including phenoxy) is 1. The van der Waals surface area contributed by atoms with Crippen molar-refractivity contribution in [2.24, 2.45) is 0 Å². The average Bonchev–Trinajstić information content (AvgIpc) is 3.43. The number of aryl methyl sites for hydroxylation is 7. The fourth-order valence-electron chi connectivity index (χ4n) is 7.86. The van der Waals surface area contributed by atoms with Crippen molar-refractivity contribution in [1.29, 1.82) is 0 Å². The molecule has 0 saturated heterocycles. The van der Waals surface area contributed by atoms with Crippen LogP contribution in [0, 0.1) is 60.6 Å². The van der Waals surface area contributed by atoms with Crippen LogP contribution in [0.5, 0.6) is 11.5 Å². The molecule has 3 aromatic heterocycles. The molecule has 6 heteroatoms. The molecule has 262 valence electrons. The van der Waals surface area contributed by atoms with E-state index in [1.165, 1.54) is 70.4 Å². The fraction of sp³-hybridized carbons (Fsp3) is 0.149. The molecule has 0 amide bonds. The summed E-state index contributed by atoms with van der Waals surface area (Å²) in [6.07, 6.45) is 3.83. The summed E-state index contributed by atoms with van der Waals surface area (Å²) in [5, 5.41) is 3.85. The molecule has 0 unspecified atom stereocenters. The molecule has 0 atom stereocenters. The molecule has 1 aliphatic rings. The number of fused-ring (bicyclic) bond motifs is 3. The van der Waals surface area contributed by atoms with Crippen molar-refractivity contribution in [3.63, 3.8) is 0 Å². The number of thiophene rings is 1. The molecule has 0 N–H and O–H groups in total. The van der Waals surface area contributed by atoms with E-state index < -0.39 is 0 Å². The second-order valence-electron chi connectivity index (χ2n) is 14.1. The summed E-state index contributed by atoms with van der Waals surface area (Å²) >= 11 is 3.61. The molecule has 3 nitrogen and oxygen atoms in total. The summed E-state index contributed by atoms with van der Waals surface area (Å²) in [5.74, 6) is 1.26. The molecule has 53 heavy (non-hydrogen) atoms. The predicted octanol–water partition coefficient (Wildman–Crippen LogP) is 13.5. The number of benzene rings is 5. The Labute approximate surface area is 333 Å². The van der Waals surface area contributed by atoms with Gasteiger partial charge in [0.1, 0.15) is 0 Å². The second kappa shape index (κ2) is 13.7. The van der Waals surface area contributed by atoms with E-state index in [1.807, 2.05) is 35.9 Å². The smallest absolute Gasteiger partial charge is 0.497 e.